The van der Waals surface area contributed by atoms with Gasteiger partial charge in [0.1, 0.15) is 5.82 Å². The average molecular weight is 345 g/mol. The zero-order chi connectivity index (χ0) is 14.7. The second-order valence-corrected chi connectivity index (χ2v) is 6.31. The summed E-state index contributed by atoms with van der Waals surface area (Å²) in [6.45, 7) is 4.47. The molecule has 0 bridgehead atoms. The number of halogens is 2. The largest absolute Gasteiger partial charge is 0.380 e. The van der Waals surface area contributed by atoms with Gasteiger partial charge in [-0.1, -0.05) is 22.9 Å². The van der Waals surface area contributed by atoms with Crippen molar-refractivity contribution in [2.75, 3.05) is 26.7 Å². The van der Waals surface area contributed by atoms with Gasteiger partial charge in [0.25, 0.3) is 0 Å². The van der Waals surface area contributed by atoms with Gasteiger partial charge >= 0.3 is 0 Å². The lowest BCUT2D eigenvalue weighted by molar-refractivity contribution is -0.0184. The van der Waals surface area contributed by atoms with Gasteiger partial charge in [-0.15, -0.1) is 0 Å². The number of nitrogens with two attached hydrogens (primary N) is 1. The van der Waals surface area contributed by atoms with Crippen LogP contribution in [0, 0.1) is 11.7 Å². The Morgan fingerprint density at radius 1 is 1.55 bits per heavy atom. The molecule has 0 amide bonds. The number of hydrogen-bond acceptors (Lipinski definition) is 3. The van der Waals surface area contributed by atoms with Crippen LogP contribution in [0.15, 0.2) is 22.7 Å². The minimum Gasteiger partial charge on any atom is -0.380 e. The molecule has 0 radical (unpaired) electrons. The van der Waals surface area contributed by atoms with E-state index in [-0.39, 0.29) is 18.0 Å². The number of likely N-dealkylation sites (tertiary alicyclic amines) is 1. The van der Waals surface area contributed by atoms with E-state index in [9.17, 15) is 4.39 Å². The van der Waals surface area contributed by atoms with Crippen LogP contribution < -0.4 is 5.73 Å². The van der Waals surface area contributed by atoms with Gasteiger partial charge in [0.2, 0.25) is 0 Å². The Morgan fingerprint density at radius 3 is 2.95 bits per heavy atom. The van der Waals surface area contributed by atoms with Crippen LogP contribution in [0.5, 0.6) is 0 Å². The average Bonchev–Trinajstić information content (AvgIpc) is 2.45. The van der Waals surface area contributed by atoms with E-state index in [1.54, 1.807) is 19.2 Å². The van der Waals surface area contributed by atoms with Gasteiger partial charge in [0, 0.05) is 30.7 Å². The van der Waals surface area contributed by atoms with Crippen LogP contribution in [0.4, 0.5) is 4.39 Å². The van der Waals surface area contributed by atoms with E-state index in [2.05, 4.69) is 27.8 Å². The molecular weight excluding hydrogens is 323 g/mol. The van der Waals surface area contributed by atoms with Gasteiger partial charge in [-0.3, -0.25) is 4.90 Å². The van der Waals surface area contributed by atoms with Gasteiger partial charge in [-0.05, 0) is 42.6 Å². The van der Waals surface area contributed by atoms with Crippen LogP contribution in [-0.2, 0) is 4.74 Å². The highest BCUT2D eigenvalue weighted by molar-refractivity contribution is 9.10. The standard InChI is InChI=1S/C15H22BrFN2O/c1-10-5-6-19(9-15(10)20-2)14(8-18)12-7-11(17)3-4-13(12)16/h3-4,7,10,14-15H,5-6,8-9,18H2,1-2H3. The predicted molar refractivity (Wildman–Crippen MR) is 82.0 cm³/mol. The molecular formula is C15H22BrFN2O. The summed E-state index contributed by atoms with van der Waals surface area (Å²) < 4.78 is 20.0. The summed E-state index contributed by atoms with van der Waals surface area (Å²) in [6.07, 6.45) is 1.28. The lowest BCUT2D eigenvalue weighted by Gasteiger charge is -2.40. The molecule has 1 aromatic rings. The third kappa shape index (κ3) is 3.39. The predicted octanol–water partition coefficient (Wildman–Crippen LogP) is 2.94. The van der Waals surface area contributed by atoms with Crippen molar-refractivity contribution in [3.8, 4) is 0 Å². The Hall–Kier alpha value is -0.490. The van der Waals surface area contributed by atoms with Gasteiger partial charge in [-0.2, -0.15) is 0 Å². The molecule has 2 N–H and O–H groups in total. The van der Waals surface area contributed by atoms with E-state index in [0.29, 0.717) is 12.5 Å². The Labute approximate surface area is 128 Å². The van der Waals surface area contributed by atoms with Crippen molar-refractivity contribution in [1.29, 1.82) is 0 Å². The molecule has 1 saturated heterocycles. The van der Waals surface area contributed by atoms with E-state index >= 15 is 0 Å². The third-order valence-corrected chi connectivity index (χ3v) is 4.93. The van der Waals surface area contributed by atoms with Crippen molar-refractivity contribution in [2.24, 2.45) is 11.7 Å². The number of benzene rings is 1. The van der Waals surface area contributed by atoms with E-state index in [0.717, 1.165) is 29.5 Å². The summed E-state index contributed by atoms with van der Waals surface area (Å²) in [5, 5.41) is 0. The summed E-state index contributed by atoms with van der Waals surface area (Å²) in [5.74, 6) is 0.320. The zero-order valence-corrected chi connectivity index (χ0v) is 13.6. The molecule has 3 atom stereocenters. The Kier molecular flexibility index (Phi) is 5.55. The van der Waals surface area contributed by atoms with Crippen LogP contribution >= 0.6 is 15.9 Å². The van der Waals surface area contributed by atoms with Gasteiger partial charge in [0.15, 0.2) is 0 Å². The Balaban J connectivity index is 2.21. The molecule has 2 rings (SSSR count). The molecule has 1 aliphatic rings. The summed E-state index contributed by atoms with van der Waals surface area (Å²) in [7, 11) is 1.75. The molecule has 0 saturated carbocycles. The quantitative estimate of drug-likeness (QED) is 0.912. The second kappa shape index (κ2) is 6.98. The lowest BCUT2D eigenvalue weighted by atomic mass is 9.93. The van der Waals surface area contributed by atoms with Gasteiger partial charge in [0.05, 0.1) is 6.10 Å². The molecule has 1 heterocycles. The fourth-order valence-corrected chi connectivity index (χ4v) is 3.40. The zero-order valence-electron chi connectivity index (χ0n) is 12.0. The fourth-order valence-electron chi connectivity index (χ4n) is 2.89. The molecule has 0 spiro atoms. The first-order chi connectivity index (χ1) is 9.56. The highest BCUT2D eigenvalue weighted by Crippen LogP contribution is 2.31. The Morgan fingerprint density at radius 2 is 2.30 bits per heavy atom. The normalized spacial score (nSPS) is 25.6. The smallest absolute Gasteiger partial charge is 0.123 e. The number of piperidine rings is 1. The van der Waals surface area contributed by atoms with Crippen LogP contribution in [0.25, 0.3) is 0 Å². The number of nitrogens with zero attached hydrogens (tertiary/aromatic N) is 1. The van der Waals surface area contributed by atoms with Crippen molar-refractivity contribution in [2.45, 2.75) is 25.5 Å². The molecule has 1 fully saturated rings. The van der Waals surface area contributed by atoms with Crippen LogP contribution in [0.1, 0.15) is 24.9 Å². The molecule has 0 aromatic heterocycles. The topological polar surface area (TPSA) is 38.5 Å². The van der Waals surface area contributed by atoms with Crippen molar-refractivity contribution in [3.63, 3.8) is 0 Å². The molecule has 1 aromatic carbocycles. The van der Waals surface area contributed by atoms with Gasteiger partial charge < -0.3 is 10.5 Å². The van der Waals surface area contributed by atoms with Crippen LogP contribution in [0.3, 0.4) is 0 Å². The minimum absolute atomic E-state index is 0.0187. The molecule has 0 aliphatic carbocycles. The van der Waals surface area contributed by atoms with Crippen molar-refractivity contribution in [3.05, 3.63) is 34.1 Å². The monoisotopic (exact) mass is 344 g/mol. The first-order valence-electron chi connectivity index (χ1n) is 6.98. The summed E-state index contributed by atoms with van der Waals surface area (Å²) in [6, 6.07) is 4.79. The minimum atomic E-state index is -0.227. The highest BCUT2D eigenvalue weighted by Gasteiger charge is 2.31. The second-order valence-electron chi connectivity index (χ2n) is 5.45. The summed E-state index contributed by atoms with van der Waals surface area (Å²) in [4.78, 5) is 2.30. The van der Waals surface area contributed by atoms with E-state index < -0.39 is 0 Å². The maximum absolute atomic E-state index is 13.5. The van der Waals surface area contributed by atoms with Crippen molar-refractivity contribution < 1.29 is 9.13 Å². The third-order valence-electron chi connectivity index (χ3n) is 4.20. The van der Waals surface area contributed by atoms with E-state index in [1.807, 2.05) is 0 Å². The van der Waals surface area contributed by atoms with E-state index in [4.69, 9.17) is 10.5 Å². The Bertz CT molecular complexity index is 457. The lowest BCUT2D eigenvalue weighted by Crippen LogP contribution is -2.47. The van der Waals surface area contributed by atoms with Gasteiger partial charge in [-0.25, -0.2) is 4.39 Å². The maximum atomic E-state index is 13.5. The summed E-state index contributed by atoms with van der Waals surface area (Å²) >= 11 is 3.50. The number of hydrogen-bond donors (Lipinski definition) is 1. The molecule has 5 heteroatoms. The number of rotatable bonds is 4. The fraction of sp³-hybridized carbons (Fsp3) is 0.600. The van der Waals surface area contributed by atoms with Crippen LogP contribution in [-0.4, -0.2) is 37.7 Å². The van der Waals surface area contributed by atoms with Crippen molar-refractivity contribution >= 4 is 15.9 Å². The van der Waals surface area contributed by atoms with Crippen molar-refractivity contribution in [1.82, 2.24) is 4.90 Å². The molecule has 3 nitrogen and oxygen atoms in total. The molecule has 20 heavy (non-hydrogen) atoms. The summed E-state index contributed by atoms with van der Waals surface area (Å²) in [5.41, 5.74) is 6.86. The molecule has 3 unspecified atom stereocenters. The van der Waals surface area contributed by atoms with E-state index in [1.165, 1.54) is 6.07 Å². The number of ether oxygens (including phenoxy) is 1. The number of methoxy groups -OCH3 is 1. The highest BCUT2D eigenvalue weighted by atomic mass is 79.9. The molecule has 112 valence electrons. The van der Waals surface area contributed by atoms with Crippen LogP contribution in [0.2, 0.25) is 0 Å². The SMILES string of the molecule is COC1CN(C(CN)c2cc(F)ccc2Br)CCC1C. The first-order valence-corrected chi connectivity index (χ1v) is 7.78. The first kappa shape index (κ1) is 15.9. The maximum Gasteiger partial charge on any atom is 0.123 e. The molecule has 1 aliphatic heterocycles.